The van der Waals surface area contributed by atoms with Crippen LogP contribution in [0, 0.1) is 6.92 Å². The molecule has 1 atom stereocenters. The summed E-state index contributed by atoms with van der Waals surface area (Å²) in [5.74, 6) is 0.646. The molecule has 0 bridgehead atoms. The number of fused-ring (bicyclic) bond motifs is 1. The lowest BCUT2D eigenvalue weighted by Crippen LogP contribution is -2.35. The van der Waals surface area contributed by atoms with Crippen molar-refractivity contribution in [2.75, 3.05) is 11.5 Å². The summed E-state index contributed by atoms with van der Waals surface area (Å²) in [6.07, 6.45) is 10.9. The second kappa shape index (κ2) is 8.19. The van der Waals surface area contributed by atoms with Gasteiger partial charge in [-0.3, -0.25) is 4.79 Å². The molecule has 1 unspecified atom stereocenters. The summed E-state index contributed by atoms with van der Waals surface area (Å²) in [6.45, 7) is 1.90. The molecule has 3 fully saturated rings. The van der Waals surface area contributed by atoms with Crippen LogP contribution in [0.2, 0.25) is 0 Å². The summed E-state index contributed by atoms with van der Waals surface area (Å²) in [5, 5.41) is 8.76. The number of carbonyl (C=O) groups is 1. The minimum absolute atomic E-state index is 0.0402. The number of rotatable bonds is 4. The monoisotopic (exact) mass is 444 g/mol. The molecular formula is C23H32N4O3S. The molecular weight excluding hydrogens is 412 g/mol. The molecule has 31 heavy (non-hydrogen) atoms. The fourth-order valence-corrected chi connectivity index (χ4v) is 6.88. The first-order chi connectivity index (χ1) is 14.9. The molecule has 0 spiro atoms. The van der Waals surface area contributed by atoms with Crippen molar-refractivity contribution in [1.82, 2.24) is 20.1 Å². The van der Waals surface area contributed by atoms with Crippen molar-refractivity contribution in [2.24, 2.45) is 0 Å². The Morgan fingerprint density at radius 3 is 2.42 bits per heavy atom. The third-order valence-electron chi connectivity index (χ3n) is 7.09. The maximum absolute atomic E-state index is 13.4. The fraction of sp³-hybridized carbons (Fsp3) is 0.696. The molecule has 2 aliphatic carbocycles. The summed E-state index contributed by atoms with van der Waals surface area (Å²) in [7, 11) is -3.04. The van der Waals surface area contributed by atoms with E-state index in [1.165, 1.54) is 19.3 Å². The molecule has 0 radical (unpaired) electrons. The SMILES string of the molecule is Cc1nn(C2CCS(=O)(=O)C2)c2nc(C3CC3)cc(C(=O)NC3CCCCCCC3)c12. The zero-order valence-corrected chi connectivity index (χ0v) is 19.1. The third-order valence-corrected chi connectivity index (χ3v) is 8.84. The number of pyridine rings is 1. The third kappa shape index (κ3) is 4.36. The number of nitrogens with zero attached hydrogens (tertiary/aromatic N) is 3. The number of sulfone groups is 1. The molecule has 1 saturated heterocycles. The number of amides is 1. The fourth-order valence-electron chi connectivity index (χ4n) is 5.19. The average Bonchev–Trinajstić information content (AvgIpc) is 3.42. The molecule has 168 valence electrons. The Bertz CT molecular complexity index is 1100. The van der Waals surface area contributed by atoms with Gasteiger partial charge in [-0.15, -0.1) is 0 Å². The van der Waals surface area contributed by atoms with E-state index in [2.05, 4.69) is 10.4 Å². The number of hydrogen-bond donors (Lipinski definition) is 1. The number of aryl methyl sites for hydroxylation is 1. The zero-order valence-electron chi connectivity index (χ0n) is 18.3. The van der Waals surface area contributed by atoms with Gasteiger partial charge in [0.05, 0.1) is 34.2 Å². The van der Waals surface area contributed by atoms with Crippen LogP contribution in [0.5, 0.6) is 0 Å². The van der Waals surface area contributed by atoms with Crippen molar-refractivity contribution in [1.29, 1.82) is 0 Å². The number of hydrogen-bond acceptors (Lipinski definition) is 5. The van der Waals surface area contributed by atoms with E-state index in [4.69, 9.17) is 4.98 Å². The molecule has 1 amide bonds. The standard InChI is InChI=1S/C23H32N4O3S/c1-15-21-19(23(28)24-17-7-5-3-2-4-6-8-17)13-20(16-9-10-16)25-22(21)27(26-15)18-11-12-31(29,30)14-18/h13,16-18H,2-12,14H2,1H3,(H,24,28). The van der Waals surface area contributed by atoms with E-state index in [9.17, 15) is 13.2 Å². The Morgan fingerprint density at radius 1 is 1.06 bits per heavy atom. The van der Waals surface area contributed by atoms with E-state index in [0.717, 1.165) is 55.3 Å². The topological polar surface area (TPSA) is 93.9 Å². The second-order valence-corrected chi connectivity index (χ2v) is 11.9. The molecule has 5 rings (SSSR count). The van der Waals surface area contributed by atoms with Gasteiger partial charge >= 0.3 is 0 Å². The van der Waals surface area contributed by atoms with Crippen molar-refractivity contribution in [3.05, 3.63) is 23.0 Å². The van der Waals surface area contributed by atoms with E-state index in [1.54, 1.807) is 4.68 Å². The summed E-state index contributed by atoms with van der Waals surface area (Å²) >= 11 is 0. The van der Waals surface area contributed by atoms with Gasteiger partial charge in [0.1, 0.15) is 0 Å². The normalized spacial score (nSPS) is 24.7. The maximum Gasteiger partial charge on any atom is 0.252 e. The number of aromatic nitrogens is 3. The van der Waals surface area contributed by atoms with Crippen LogP contribution in [0.3, 0.4) is 0 Å². The van der Waals surface area contributed by atoms with Crippen molar-refractivity contribution in [3.8, 4) is 0 Å². The molecule has 1 N–H and O–H groups in total. The largest absolute Gasteiger partial charge is 0.349 e. The van der Waals surface area contributed by atoms with Gasteiger partial charge in [0.25, 0.3) is 5.91 Å². The van der Waals surface area contributed by atoms with Crippen LogP contribution in [0.25, 0.3) is 11.0 Å². The predicted molar refractivity (Wildman–Crippen MR) is 120 cm³/mol. The van der Waals surface area contributed by atoms with E-state index in [0.29, 0.717) is 23.5 Å². The van der Waals surface area contributed by atoms with Crippen molar-refractivity contribution >= 4 is 26.8 Å². The smallest absolute Gasteiger partial charge is 0.252 e. The Hall–Kier alpha value is -1.96. The quantitative estimate of drug-likeness (QED) is 0.774. The van der Waals surface area contributed by atoms with E-state index in [-0.39, 0.29) is 29.5 Å². The zero-order chi connectivity index (χ0) is 21.6. The lowest BCUT2D eigenvalue weighted by Gasteiger charge is -2.21. The van der Waals surface area contributed by atoms with Gasteiger partial charge < -0.3 is 5.32 Å². The Balaban J connectivity index is 1.52. The van der Waals surface area contributed by atoms with Crippen LogP contribution >= 0.6 is 0 Å². The molecule has 2 aromatic heterocycles. The van der Waals surface area contributed by atoms with Gasteiger partial charge in [-0.25, -0.2) is 18.1 Å². The highest BCUT2D eigenvalue weighted by Crippen LogP contribution is 2.41. The van der Waals surface area contributed by atoms with Crippen LogP contribution in [-0.2, 0) is 9.84 Å². The molecule has 0 aromatic carbocycles. The molecule has 3 heterocycles. The summed E-state index contributed by atoms with van der Waals surface area (Å²) in [6, 6.07) is 1.98. The van der Waals surface area contributed by atoms with Gasteiger partial charge in [0, 0.05) is 17.7 Å². The molecule has 1 aliphatic heterocycles. The first-order valence-electron chi connectivity index (χ1n) is 11.8. The molecule has 7 nitrogen and oxygen atoms in total. The summed E-state index contributed by atoms with van der Waals surface area (Å²) < 4.78 is 25.9. The van der Waals surface area contributed by atoms with Crippen LogP contribution in [0.15, 0.2) is 6.07 Å². The summed E-state index contributed by atoms with van der Waals surface area (Å²) in [4.78, 5) is 18.3. The van der Waals surface area contributed by atoms with Gasteiger partial charge in [-0.05, 0) is 45.1 Å². The molecule has 8 heteroatoms. The molecule has 2 saturated carbocycles. The van der Waals surface area contributed by atoms with Gasteiger partial charge in [-0.1, -0.05) is 32.1 Å². The Kier molecular flexibility index (Phi) is 5.52. The van der Waals surface area contributed by atoms with Crippen molar-refractivity contribution in [3.63, 3.8) is 0 Å². The van der Waals surface area contributed by atoms with Crippen LogP contribution < -0.4 is 5.32 Å². The first kappa shape index (κ1) is 20.9. The Labute approximate surface area is 183 Å². The van der Waals surface area contributed by atoms with Gasteiger partial charge in [0.15, 0.2) is 15.5 Å². The van der Waals surface area contributed by atoms with Crippen molar-refractivity contribution in [2.45, 2.75) is 89.1 Å². The van der Waals surface area contributed by atoms with E-state index in [1.807, 2.05) is 13.0 Å². The molecule has 2 aromatic rings. The highest BCUT2D eigenvalue weighted by atomic mass is 32.2. The molecule has 3 aliphatic rings. The first-order valence-corrected chi connectivity index (χ1v) is 13.6. The predicted octanol–water partition coefficient (Wildman–Crippen LogP) is 3.82. The van der Waals surface area contributed by atoms with Crippen molar-refractivity contribution < 1.29 is 13.2 Å². The maximum atomic E-state index is 13.4. The highest BCUT2D eigenvalue weighted by Gasteiger charge is 2.34. The van der Waals surface area contributed by atoms with Crippen LogP contribution in [-0.4, -0.2) is 46.6 Å². The second-order valence-electron chi connectivity index (χ2n) is 9.67. The number of carbonyl (C=O) groups excluding carboxylic acids is 1. The van der Waals surface area contributed by atoms with Gasteiger partial charge in [-0.2, -0.15) is 5.10 Å². The van der Waals surface area contributed by atoms with E-state index < -0.39 is 9.84 Å². The summed E-state index contributed by atoms with van der Waals surface area (Å²) in [5.41, 5.74) is 3.01. The van der Waals surface area contributed by atoms with Crippen LogP contribution in [0.4, 0.5) is 0 Å². The van der Waals surface area contributed by atoms with Gasteiger partial charge in [0.2, 0.25) is 0 Å². The minimum atomic E-state index is -3.04. The van der Waals surface area contributed by atoms with E-state index >= 15 is 0 Å². The lowest BCUT2D eigenvalue weighted by atomic mass is 9.96. The lowest BCUT2D eigenvalue weighted by molar-refractivity contribution is 0.0932. The highest BCUT2D eigenvalue weighted by molar-refractivity contribution is 7.91. The van der Waals surface area contributed by atoms with Crippen LogP contribution in [0.1, 0.15) is 97.9 Å². The number of nitrogens with one attached hydrogen (secondary N) is 1. The average molecular weight is 445 g/mol. The minimum Gasteiger partial charge on any atom is -0.349 e. The Morgan fingerprint density at radius 2 is 1.77 bits per heavy atom.